The van der Waals surface area contributed by atoms with Gasteiger partial charge >= 0.3 is 0 Å². The fraction of sp³-hybridized carbons (Fsp3) is 0.0833. The number of hydrogen-bond acceptors (Lipinski definition) is 3. The first kappa shape index (κ1) is 21.7. The van der Waals surface area contributed by atoms with Crippen LogP contribution in [0.5, 0.6) is 5.75 Å². The molecule has 158 valence electrons. The highest BCUT2D eigenvalue weighted by Crippen LogP contribution is 2.23. The van der Waals surface area contributed by atoms with Crippen molar-refractivity contribution in [2.75, 3.05) is 7.11 Å². The second-order valence-electron chi connectivity index (χ2n) is 6.70. The quantitative estimate of drug-likeness (QED) is 0.447. The lowest BCUT2D eigenvalue weighted by molar-refractivity contribution is -0.115. The van der Waals surface area contributed by atoms with Crippen molar-refractivity contribution < 1.29 is 23.1 Å². The van der Waals surface area contributed by atoms with Gasteiger partial charge < -0.3 is 15.8 Å². The van der Waals surface area contributed by atoms with Gasteiger partial charge in [0.2, 0.25) is 5.91 Å². The fourth-order valence-electron chi connectivity index (χ4n) is 2.88. The summed E-state index contributed by atoms with van der Waals surface area (Å²) in [7, 11) is 1.53. The molecule has 0 heterocycles. The maximum Gasteiger partial charge on any atom is 0.252 e. The summed E-state index contributed by atoms with van der Waals surface area (Å²) in [6, 6.07) is 16.7. The Labute approximate surface area is 178 Å². The van der Waals surface area contributed by atoms with E-state index in [1.807, 2.05) is 0 Å². The average Bonchev–Trinajstić information content (AvgIpc) is 2.78. The Morgan fingerprint density at radius 2 is 1.58 bits per heavy atom. The van der Waals surface area contributed by atoms with E-state index in [0.29, 0.717) is 22.4 Å². The number of primary amides is 1. The number of ether oxygens (including phenoxy) is 1. The number of halogens is 2. The third-order valence-corrected chi connectivity index (χ3v) is 4.59. The van der Waals surface area contributed by atoms with Crippen LogP contribution in [0.15, 0.2) is 66.7 Å². The number of hydrogen-bond donors (Lipinski definition) is 2. The monoisotopic (exact) mass is 422 g/mol. The van der Waals surface area contributed by atoms with E-state index in [0.717, 1.165) is 17.7 Å². The number of rotatable bonds is 7. The van der Waals surface area contributed by atoms with Gasteiger partial charge in [0.25, 0.3) is 5.91 Å². The molecule has 0 saturated heterocycles. The molecule has 3 rings (SSSR count). The Morgan fingerprint density at radius 3 is 2.16 bits per heavy atom. The molecular weight excluding hydrogens is 402 g/mol. The van der Waals surface area contributed by atoms with E-state index in [2.05, 4.69) is 5.32 Å². The Morgan fingerprint density at radius 1 is 0.935 bits per heavy atom. The summed E-state index contributed by atoms with van der Waals surface area (Å²) < 4.78 is 32.1. The summed E-state index contributed by atoms with van der Waals surface area (Å²) in [6.07, 6.45) is 1.48. The van der Waals surface area contributed by atoms with Crippen LogP contribution in [-0.2, 0) is 11.3 Å². The minimum Gasteiger partial charge on any atom is -0.497 e. The van der Waals surface area contributed by atoms with Gasteiger partial charge in [0.15, 0.2) is 11.6 Å². The number of amides is 2. The molecule has 0 atom stereocenters. The van der Waals surface area contributed by atoms with Crippen molar-refractivity contribution in [1.82, 2.24) is 5.32 Å². The molecule has 0 radical (unpaired) electrons. The van der Waals surface area contributed by atoms with E-state index in [-0.39, 0.29) is 12.1 Å². The maximum absolute atomic E-state index is 13.6. The SMILES string of the molecule is COc1ccc(/C(=C\c2ccc(F)c(F)c2)C(=O)NCc2ccc(C(N)=O)cc2)cc1. The fourth-order valence-corrected chi connectivity index (χ4v) is 2.88. The lowest BCUT2D eigenvalue weighted by Crippen LogP contribution is -2.24. The molecule has 0 aliphatic carbocycles. The zero-order valence-corrected chi connectivity index (χ0v) is 16.7. The minimum absolute atomic E-state index is 0.198. The van der Waals surface area contributed by atoms with Gasteiger partial charge in [-0.1, -0.05) is 30.3 Å². The summed E-state index contributed by atoms with van der Waals surface area (Å²) in [5, 5.41) is 2.80. The molecule has 0 spiro atoms. The first-order valence-corrected chi connectivity index (χ1v) is 9.35. The average molecular weight is 422 g/mol. The molecule has 0 saturated carbocycles. The molecule has 3 aromatic rings. The number of nitrogens with two attached hydrogens (primary N) is 1. The minimum atomic E-state index is -1.00. The molecule has 2 amide bonds. The van der Waals surface area contributed by atoms with Crippen LogP contribution in [0.2, 0.25) is 0 Å². The van der Waals surface area contributed by atoms with Gasteiger partial charge in [-0.25, -0.2) is 8.78 Å². The number of nitrogens with one attached hydrogen (secondary N) is 1. The van der Waals surface area contributed by atoms with Crippen LogP contribution in [0, 0.1) is 11.6 Å². The van der Waals surface area contributed by atoms with Crippen molar-refractivity contribution in [1.29, 1.82) is 0 Å². The second-order valence-corrected chi connectivity index (χ2v) is 6.70. The van der Waals surface area contributed by atoms with Gasteiger partial charge in [-0.2, -0.15) is 0 Å². The van der Waals surface area contributed by atoms with E-state index in [9.17, 15) is 18.4 Å². The molecule has 0 unspecified atom stereocenters. The van der Waals surface area contributed by atoms with Crippen LogP contribution in [0.25, 0.3) is 11.6 Å². The van der Waals surface area contributed by atoms with Crippen molar-refractivity contribution in [3.05, 3.63) is 101 Å². The largest absolute Gasteiger partial charge is 0.497 e. The molecule has 5 nitrogen and oxygen atoms in total. The van der Waals surface area contributed by atoms with Crippen LogP contribution in [0.3, 0.4) is 0 Å². The van der Waals surface area contributed by atoms with E-state index in [1.165, 1.54) is 19.3 Å². The number of benzene rings is 3. The molecule has 0 fully saturated rings. The third kappa shape index (κ3) is 5.54. The van der Waals surface area contributed by atoms with Crippen LogP contribution in [0.1, 0.15) is 27.0 Å². The highest BCUT2D eigenvalue weighted by atomic mass is 19.2. The highest BCUT2D eigenvalue weighted by molar-refractivity contribution is 6.24. The lowest BCUT2D eigenvalue weighted by Gasteiger charge is -2.11. The highest BCUT2D eigenvalue weighted by Gasteiger charge is 2.13. The number of methoxy groups -OCH3 is 1. The van der Waals surface area contributed by atoms with Gasteiger partial charge in [0, 0.05) is 17.7 Å². The van der Waals surface area contributed by atoms with Crippen LogP contribution >= 0.6 is 0 Å². The number of carbonyl (C=O) groups excluding carboxylic acids is 2. The Balaban J connectivity index is 1.87. The van der Waals surface area contributed by atoms with Gasteiger partial charge in [0.1, 0.15) is 5.75 Å². The molecule has 31 heavy (non-hydrogen) atoms. The van der Waals surface area contributed by atoms with Gasteiger partial charge in [-0.05, 0) is 59.2 Å². The summed E-state index contributed by atoms with van der Waals surface area (Å²) in [4.78, 5) is 24.1. The van der Waals surface area contributed by atoms with E-state index >= 15 is 0 Å². The van der Waals surface area contributed by atoms with Crippen LogP contribution in [0.4, 0.5) is 8.78 Å². The van der Waals surface area contributed by atoms with Gasteiger partial charge in [0.05, 0.1) is 7.11 Å². The van der Waals surface area contributed by atoms with Crippen molar-refractivity contribution in [2.24, 2.45) is 5.73 Å². The van der Waals surface area contributed by atoms with Crippen molar-refractivity contribution in [2.45, 2.75) is 6.54 Å². The van der Waals surface area contributed by atoms with Gasteiger partial charge in [-0.15, -0.1) is 0 Å². The predicted octanol–water partition coefficient (Wildman–Crippen LogP) is 3.93. The molecule has 0 bridgehead atoms. The zero-order chi connectivity index (χ0) is 22.4. The predicted molar refractivity (Wildman–Crippen MR) is 114 cm³/mol. The van der Waals surface area contributed by atoms with Crippen LogP contribution in [-0.4, -0.2) is 18.9 Å². The van der Waals surface area contributed by atoms with Crippen molar-refractivity contribution in [3.63, 3.8) is 0 Å². The molecule has 3 aromatic carbocycles. The maximum atomic E-state index is 13.6. The first-order valence-electron chi connectivity index (χ1n) is 9.35. The molecule has 3 N–H and O–H groups in total. The van der Waals surface area contributed by atoms with Crippen molar-refractivity contribution in [3.8, 4) is 5.75 Å². The Bertz CT molecular complexity index is 1120. The smallest absolute Gasteiger partial charge is 0.252 e. The summed E-state index contributed by atoms with van der Waals surface area (Å²) in [5.74, 6) is -2.30. The standard InChI is InChI=1S/C24H20F2N2O3/c1-31-19-9-7-17(8-10-19)20(12-16-4-11-21(25)22(26)13-16)24(30)28-14-15-2-5-18(6-3-15)23(27)29/h2-13H,14H2,1H3,(H2,27,29)(H,28,30)/b20-12+. The zero-order valence-electron chi connectivity index (χ0n) is 16.7. The summed E-state index contributed by atoms with van der Waals surface area (Å²) >= 11 is 0. The van der Waals surface area contributed by atoms with Gasteiger partial charge in [-0.3, -0.25) is 9.59 Å². The first-order chi connectivity index (χ1) is 14.9. The number of carbonyl (C=O) groups is 2. The molecule has 0 aliphatic heterocycles. The van der Waals surface area contributed by atoms with Crippen LogP contribution < -0.4 is 15.8 Å². The van der Waals surface area contributed by atoms with Crippen molar-refractivity contribution >= 4 is 23.5 Å². The molecule has 0 aliphatic rings. The van der Waals surface area contributed by atoms with E-state index < -0.39 is 23.4 Å². The molecule has 7 heteroatoms. The lowest BCUT2D eigenvalue weighted by atomic mass is 10.0. The van der Waals surface area contributed by atoms with E-state index in [1.54, 1.807) is 48.5 Å². The Kier molecular flexibility index (Phi) is 6.77. The molecule has 0 aromatic heterocycles. The summed E-state index contributed by atoms with van der Waals surface area (Å²) in [6.45, 7) is 0.198. The Hall–Kier alpha value is -4.00. The third-order valence-electron chi connectivity index (χ3n) is 4.59. The normalized spacial score (nSPS) is 11.1. The van der Waals surface area contributed by atoms with E-state index in [4.69, 9.17) is 10.5 Å². The summed E-state index contributed by atoms with van der Waals surface area (Å²) in [5.41, 5.74) is 7.54. The topological polar surface area (TPSA) is 81.4 Å². The molecular formula is C24H20F2N2O3. The second kappa shape index (κ2) is 9.67.